The predicted octanol–water partition coefficient (Wildman–Crippen LogP) is 9.10. The molecule has 0 bridgehead atoms. The summed E-state index contributed by atoms with van der Waals surface area (Å²) in [7, 11) is 6.68. The molecule has 2 aromatic carbocycles. The Hall–Kier alpha value is -3.92. The largest absolute Gasteiger partial charge is 0.379 e. The number of likely N-dealkylation sites (tertiary alicyclic amines) is 1. The van der Waals surface area contributed by atoms with E-state index in [1.807, 2.05) is 76.8 Å². The van der Waals surface area contributed by atoms with Crippen LogP contribution in [0.2, 0.25) is 0 Å². The summed E-state index contributed by atoms with van der Waals surface area (Å²) in [5.74, 6) is -0.906. The first-order valence-electron chi connectivity index (χ1n) is 27.9. The molecule has 1 aliphatic carbocycles. The molecule has 410 valence electrons. The van der Waals surface area contributed by atoms with Crippen LogP contribution in [-0.2, 0) is 49.5 Å². The number of methoxy groups -OCH3 is 2. The second-order valence-corrected chi connectivity index (χ2v) is 22.2. The zero-order valence-electron chi connectivity index (χ0n) is 46.7. The van der Waals surface area contributed by atoms with Crippen LogP contribution >= 0.6 is 0 Å². The second-order valence-electron chi connectivity index (χ2n) is 22.2. The van der Waals surface area contributed by atoms with Gasteiger partial charge in [0.2, 0.25) is 23.6 Å². The molecule has 2 aliphatic heterocycles. The van der Waals surface area contributed by atoms with Gasteiger partial charge < -0.3 is 49.4 Å². The maximum absolute atomic E-state index is 14.5. The number of nitrogens with zero attached hydrogens (tertiary/aromatic N) is 2. The molecule has 14 heteroatoms. The third-order valence-corrected chi connectivity index (χ3v) is 16.2. The Bertz CT molecular complexity index is 1960. The minimum atomic E-state index is -0.769. The summed E-state index contributed by atoms with van der Waals surface area (Å²) < 4.78 is 31.8. The maximum atomic E-state index is 14.5. The molecule has 3 aliphatic rings. The Morgan fingerprint density at radius 3 is 2.04 bits per heavy atom. The van der Waals surface area contributed by atoms with E-state index in [1.165, 1.54) is 49.7 Å². The standard InChI is InChI=1S/C59H95N5O9/c1-13-40(6)54(63(10)59(68)53(39(4)5)62-58(67)52(60-9)38(2)3)49(69-11)35-50(65)64-34-22-28-48(64)55(70-12)41(7)57(66)61-42(8)56(46-25-19-16-20-26-46)73-51-29-21-27-47(72-51)37-71-36-43-30-32-45(33-31-43)44-23-17-14-15-18-24-44/h16,19-20,25-26,30-33,38-42,44,47-49,51-56,60H,13-15,17-18,21-24,27-29,34-37H2,1-12H3,(H,61,66)(H,62,67)/t40-,41+,42+,47?,48-,49+,51?,52-,53-,54-,55+,56+/m0/s1. The van der Waals surface area contributed by atoms with Gasteiger partial charge >= 0.3 is 0 Å². The van der Waals surface area contributed by atoms with Crippen molar-refractivity contribution in [1.82, 2.24) is 25.8 Å². The number of amides is 4. The number of carbonyl (C=O) groups is 4. The fraction of sp³-hybridized carbons (Fsp3) is 0.729. The molecule has 0 aromatic heterocycles. The third kappa shape index (κ3) is 16.8. The number of hydrogen-bond donors (Lipinski definition) is 3. The average Bonchev–Trinajstić information content (AvgIpc) is 3.71. The van der Waals surface area contributed by atoms with Gasteiger partial charge in [0.05, 0.1) is 68.0 Å². The molecule has 0 spiro atoms. The number of benzene rings is 2. The number of hydrogen-bond acceptors (Lipinski definition) is 10. The lowest BCUT2D eigenvalue weighted by Crippen LogP contribution is -2.59. The molecule has 3 N–H and O–H groups in total. The van der Waals surface area contributed by atoms with Crippen molar-refractivity contribution < 1.29 is 42.9 Å². The fourth-order valence-electron chi connectivity index (χ4n) is 11.7. The van der Waals surface area contributed by atoms with Crippen LogP contribution in [0, 0.1) is 23.7 Å². The maximum Gasteiger partial charge on any atom is 0.245 e. The van der Waals surface area contributed by atoms with Gasteiger partial charge in [-0.25, -0.2) is 0 Å². The topological polar surface area (TPSA) is 157 Å². The highest BCUT2D eigenvalue weighted by atomic mass is 16.7. The summed E-state index contributed by atoms with van der Waals surface area (Å²) >= 11 is 0. The minimum Gasteiger partial charge on any atom is -0.379 e. The van der Waals surface area contributed by atoms with Gasteiger partial charge in [0, 0.05) is 27.8 Å². The Labute approximate surface area is 439 Å². The lowest BCUT2D eigenvalue weighted by molar-refractivity contribution is -0.229. The molecule has 5 rings (SSSR count). The normalized spacial score (nSPS) is 22.6. The molecule has 3 fully saturated rings. The van der Waals surface area contributed by atoms with Crippen molar-refractivity contribution in [2.75, 3.05) is 41.5 Å². The molecule has 1 saturated carbocycles. The van der Waals surface area contributed by atoms with Gasteiger partial charge in [0.25, 0.3) is 0 Å². The molecule has 2 saturated heterocycles. The number of nitrogens with one attached hydrogen (secondary N) is 3. The zero-order chi connectivity index (χ0) is 53.2. The number of carbonyl (C=O) groups excluding carboxylic acids is 4. The Kier molecular flexibility index (Phi) is 24.6. The van der Waals surface area contributed by atoms with Crippen LogP contribution in [0.4, 0.5) is 0 Å². The fourth-order valence-corrected chi connectivity index (χ4v) is 11.7. The smallest absolute Gasteiger partial charge is 0.245 e. The number of likely N-dealkylation sites (N-methyl/N-ethyl adjacent to an activating group) is 2. The van der Waals surface area contributed by atoms with Crippen molar-refractivity contribution >= 4 is 23.6 Å². The van der Waals surface area contributed by atoms with Gasteiger partial charge in [-0.05, 0) is 99.3 Å². The van der Waals surface area contributed by atoms with E-state index in [9.17, 15) is 19.2 Å². The van der Waals surface area contributed by atoms with Crippen LogP contribution < -0.4 is 16.0 Å². The van der Waals surface area contributed by atoms with Crippen molar-refractivity contribution in [1.29, 1.82) is 0 Å². The van der Waals surface area contributed by atoms with Crippen molar-refractivity contribution in [3.05, 3.63) is 71.3 Å². The SMILES string of the molecule is CC[C@H](C)[C@@H]([C@@H](CC(=O)N1CCC[C@H]1[C@H](OC)[C@@H](C)C(=O)N[C@H](C)[C@@H](OC1CCCC(COCc2ccc(C3CCCCCC3)cc2)O1)c1ccccc1)OC)N(C)C(=O)[C@@H](NC(=O)[C@@H](NC)C(C)C)C(C)C. The molecule has 2 unspecified atom stereocenters. The highest BCUT2D eigenvalue weighted by Crippen LogP contribution is 2.34. The van der Waals surface area contributed by atoms with E-state index in [1.54, 1.807) is 33.2 Å². The molecular weight excluding hydrogens is 923 g/mol. The molecule has 73 heavy (non-hydrogen) atoms. The van der Waals surface area contributed by atoms with E-state index in [2.05, 4.69) is 54.1 Å². The van der Waals surface area contributed by atoms with Crippen LogP contribution in [0.3, 0.4) is 0 Å². The summed E-state index contributed by atoms with van der Waals surface area (Å²) in [5.41, 5.74) is 3.55. The van der Waals surface area contributed by atoms with Gasteiger partial charge in [-0.15, -0.1) is 0 Å². The van der Waals surface area contributed by atoms with Gasteiger partial charge in [0.1, 0.15) is 12.1 Å². The lowest BCUT2D eigenvalue weighted by atomic mass is 9.89. The molecule has 2 aromatic rings. The quantitative estimate of drug-likeness (QED) is 0.0738. The lowest BCUT2D eigenvalue weighted by Gasteiger charge is -2.41. The third-order valence-electron chi connectivity index (χ3n) is 16.2. The average molecular weight is 1020 g/mol. The van der Waals surface area contributed by atoms with Crippen LogP contribution in [0.1, 0.15) is 168 Å². The Balaban J connectivity index is 1.20. The van der Waals surface area contributed by atoms with Crippen LogP contribution in [0.25, 0.3) is 0 Å². The van der Waals surface area contributed by atoms with Crippen LogP contribution in [0.5, 0.6) is 0 Å². The highest BCUT2D eigenvalue weighted by molar-refractivity contribution is 5.90. The van der Waals surface area contributed by atoms with Crippen LogP contribution in [0.15, 0.2) is 54.6 Å². The molecule has 0 radical (unpaired) electrons. The van der Waals surface area contributed by atoms with Gasteiger partial charge in [-0.2, -0.15) is 0 Å². The summed E-state index contributed by atoms with van der Waals surface area (Å²) in [4.78, 5) is 60.1. The van der Waals surface area contributed by atoms with Crippen LogP contribution in [-0.4, -0.2) is 130 Å². The molecular formula is C59H95N5O9. The summed E-state index contributed by atoms with van der Waals surface area (Å²) in [6.07, 6.45) is 10.4. The van der Waals surface area contributed by atoms with E-state index in [4.69, 9.17) is 23.7 Å². The Morgan fingerprint density at radius 2 is 1.44 bits per heavy atom. The minimum absolute atomic E-state index is 0.0270. The molecule has 14 nitrogen and oxygen atoms in total. The first-order chi connectivity index (χ1) is 35.0. The predicted molar refractivity (Wildman–Crippen MR) is 288 cm³/mol. The zero-order valence-corrected chi connectivity index (χ0v) is 46.7. The Morgan fingerprint density at radius 1 is 0.767 bits per heavy atom. The second kappa shape index (κ2) is 30.0. The van der Waals surface area contributed by atoms with Gasteiger partial charge in [-0.3, -0.25) is 19.2 Å². The van der Waals surface area contributed by atoms with E-state index in [0.717, 1.165) is 37.7 Å². The summed E-state index contributed by atoms with van der Waals surface area (Å²) in [6, 6.07) is 16.5. The van der Waals surface area contributed by atoms with Crippen molar-refractivity contribution in [2.45, 2.75) is 212 Å². The van der Waals surface area contributed by atoms with Gasteiger partial charge in [-0.1, -0.05) is 135 Å². The number of rotatable bonds is 27. The molecule has 4 amide bonds. The number of ether oxygens (including phenoxy) is 5. The van der Waals surface area contributed by atoms with Crippen molar-refractivity contribution in [3.8, 4) is 0 Å². The van der Waals surface area contributed by atoms with Crippen molar-refractivity contribution in [3.63, 3.8) is 0 Å². The summed E-state index contributed by atoms with van der Waals surface area (Å²) in [6.45, 7) is 17.2. The van der Waals surface area contributed by atoms with E-state index < -0.39 is 54.7 Å². The van der Waals surface area contributed by atoms with E-state index >= 15 is 0 Å². The van der Waals surface area contributed by atoms with E-state index in [-0.39, 0.29) is 59.9 Å². The summed E-state index contributed by atoms with van der Waals surface area (Å²) in [5, 5.41) is 9.36. The van der Waals surface area contributed by atoms with Crippen molar-refractivity contribution in [2.24, 2.45) is 23.7 Å². The highest BCUT2D eigenvalue weighted by Gasteiger charge is 2.44. The molecule has 2 heterocycles. The first-order valence-corrected chi connectivity index (χ1v) is 27.9. The van der Waals surface area contributed by atoms with Gasteiger partial charge in [0.15, 0.2) is 6.29 Å². The van der Waals surface area contributed by atoms with E-state index in [0.29, 0.717) is 32.1 Å². The monoisotopic (exact) mass is 1020 g/mol. The first kappa shape index (κ1) is 60.0. The molecule has 12 atom stereocenters.